The molecule has 0 aliphatic carbocycles. The largest absolute Gasteiger partial charge is 0.289 e. The van der Waals surface area contributed by atoms with Gasteiger partial charge in [-0.05, 0) is 22.9 Å². The summed E-state index contributed by atoms with van der Waals surface area (Å²) in [4.78, 5) is 11.9. The van der Waals surface area contributed by atoms with Crippen molar-refractivity contribution in [3.05, 3.63) is 21.9 Å². The Bertz CT molecular complexity index is 280. The summed E-state index contributed by atoms with van der Waals surface area (Å²) in [5, 5.41) is 1.90. The summed E-state index contributed by atoms with van der Waals surface area (Å²) in [6.07, 6.45) is 0. The van der Waals surface area contributed by atoms with Gasteiger partial charge in [-0.25, -0.2) is 5.84 Å². The summed E-state index contributed by atoms with van der Waals surface area (Å²) in [6, 6.07) is 1.96. The number of carbonyl (C=O) groups excluding carboxylic acids is 1. The first-order valence-corrected chi connectivity index (χ1v) is 4.63. The van der Waals surface area contributed by atoms with E-state index >= 15 is 0 Å². The number of nitrogens with two attached hydrogens (primary N) is 1. The van der Waals surface area contributed by atoms with E-state index < -0.39 is 0 Å². The van der Waals surface area contributed by atoms with Crippen LogP contribution in [-0.4, -0.2) is 5.91 Å². The lowest BCUT2D eigenvalue weighted by molar-refractivity contribution is 0.0956. The summed E-state index contributed by atoms with van der Waals surface area (Å²) < 4.78 is 0. The average Bonchev–Trinajstić information content (AvgIpc) is 2.50. The van der Waals surface area contributed by atoms with E-state index in [9.17, 15) is 4.79 Å². The number of amides is 1. The molecular weight excluding hydrogens is 172 g/mol. The van der Waals surface area contributed by atoms with Gasteiger partial charge in [0.15, 0.2) is 0 Å². The van der Waals surface area contributed by atoms with Crippen molar-refractivity contribution in [2.45, 2.75) is 19.8 Å². The first-order chi connectivity index (χ1) is 5.66. The molecule has 1 rings (SSSR count). The molecule has 0 aliphatic heterocycles. The lowest BCUT2D eigenvalue weighted by Crippen LogP contribution is -2.30. The number of carbonyl (C=O) groups is 1. The molecule has 0 aromatic carbocycles. The average molecular weight is 184 g/mol. The van der Waals surface area contributed by atoms with Crippen LogP contribution in [0, 0.1) is 0 Å². The molecule has 12 heavy (non-hydrogen) atoms. The standard InChI is InChI=1S/C8H12N2OS/c1-5(2)6-3-4-12-7(6)8(11)10-9/h3-5H,9H2,1-2H3,(H,10,11). The van der Waals surface area contributed by atoms with Crippen LogP contribution in [0.25, 0.3) is 0 Å². The number of hydrazine groups is 1. The topological polar surface area (TPSA) is 55.1 Å². The fourth-order valence-corrected chi connectivity index (χ4v) is 1.98. The highest BCUT2D eigenvalue weighted by Crippen LogP contribution is 2.23. The second-order valence-electron chi connectivity index (χ2n) is 2.83. The van der Waals surface area contributed by atoms with Crippen LogP contribution in [0.2, 0.25) is 0 Å². The second-order valence-corrected chi connectivity index (χ2v) is 3.75. The predicted molar refractivity (Wildman–Crippen MR) is 50.1 cm³/mol. The smallest absolute Gasteiger partial charge is 0.275 e. The van der Waals surface area contributed by atoms with Crippen LogP contribution in [0.4, 0.5) is 0 Å². The van der Waals surface area contributed by atoms with Crippen molar-refractivity contribution in [1.82, 2.24) is 5.43 Å². The molecular formula is C8H12N2OS. The van der Waals surface area contributed by atoms with E-state index in [0.29, 0.717) is 10.8 Å². The lowest BCUT2D eigenvalue weighted by atomic mass is 10.0. The third-order valence-corrected chi connectivity index (χ3v) is 2.58. The number of nitrogens with one attached hydrogen (secondary N) is 1. The first kappa shape index (κ1) is 9.22. The van der Waals surface area contributed by atoms with Crippen LogP contribution >= 0.6 is 11.3 Å². The SMILES string of the molecule is CC(C)c1ccsc1C(=O)NN. The van der Waals surface area contributed by atoms with Gasteiger partial charge >= 0.3 is 0 Å². The third-order valence-electron chi connectivity index (χ3n) is 1.66. The Morgan fingerprint density at radius 1 is 1.67 bits per heavy atom. The van der Waals surface area contributed by atoms with Gasteiger partial charge < -0.3 is 0 Å². The van der Waals surface area contributed by atoms with Crippen molar-refractivity contribution >= 4 is 17.2 Å². The van der Waals surface area contributed by atoms with Crippen LogP contribution in [0.15, 0.2) is 11.4 Å². The molecule has 0 bridgehead atoms. The zero-order valence-electron chi connectivity index (χ0n) is 7.13. The van der Waals surface area contributed by atoms with Crippen molar-refractivity contribution in [2.75, 3.05) is 0 Å². The molecule has 0 unspecified atom stereocenters. The van der Waals surface area contributed by atoms with Gasteiger partial charge in [-0.1, -0.05) is 13.8 Å². The Hall–Kier alpha value is -0.870. The monoisotopic (exact) mass is 184 g/mol. The number of hydrogen-bond acceptors (Lipinski definition) is 3. The van der Waals surface area contributed by atoms with E-state index in [-0.39, 0.29) is 5.91 Å². The molecule has 1 aromatic rings. The van der Waals surface area contributed by atoms with Crippen LogP contribution < -0.4 is 11.3 Å². The molecule has 1 amide bonds. The number of nitrogen functional groups attached to an aromatic ring is 1. The van der Waals surface area contributed by atoms with E-state index in [1.165, 1.54) is 11.3 Å². The Morgan fingerprint density at radius 2 is 2.33 bits per heavy atom. The molecule has 3 N–H and O–H groups in total. The second kappa shape index (κ2) is 3.69. The fraction of sp³-hybridized carbons (Fsp3) is 0.375. The third kappa shape index (κ3) is 1.65. The van der Waals surface area contributed by atoms with E-state index in [2.05, 4.69) is 19.3 Å². The van der Waals surface area contributed by atoms with Crippen molar-refractivity contribution in [3.63, 3.8) is 0 Å². The van der Waals surface area contributed by atoms with Gasteiger partial charge in [0.05, 0.1) is 4.88 Å². The van der Waals surface area contributed by atoms with Gasteiger partial charge in [-0.3, -0.25) is 10.2 Å². The quantitative estimate of drug-likeness (QED) is 0.415. The summed E-state index contributed by atoms with van der Waals surface area (Å²) in [7, 11) is 0. The molecule has 66 valence electrons. The first-order valence-electron chi connectivity index (χ1n) is 3.75. The predicted octanol–water partition coefficient (Wildman–Crippen LogP) is 1.48. The van der Waals surface area contributed by atoms with Crippen molar-refractivity contribution in [3.8, 4) is 0 Å². The van der Waals surface area contributed by atoms with Gasteiger partial charge in [0, 0.05) is 0 Å². The van der Waals surface area contributed by atoms with E-state index in [1.54, 1.807) is 0 Å². The minimum Gasteiger partial charge on any atom is -0.289 e. The highest BCUT2D eigenvalue weighted by molar-refractivity contribution is 7.12. The molecule has 1 heterocycles. The molecule has 0 spiro atoms. The highest BCUT2D eigenvalue weighted by atomic mass is 32.1. The molecule has 4 heteroatoms. The molecule has 0 fully saturated rings. The van der Waals surface area contributed by atoms with Crippen molar-refractivity contribution in [1.29, 1.82) is 0 Å². The van der Waals surface area contributed by atoms with Gasteiger partial charge in [0.2, 0.25) is 0 Å². The maximum atomic E-state index is 11.2. The van der Waals surface area contributed by atoms with E-state index in [1.807, 2.05) is 11.4 Å². The highest BCUT2D eigenvalue weighted by Gasteiger charge is 2.13. The minimum atomic E-state index is -0.200. The normalized spacial score (nSPS) is 10.3. The Balaban J connectivity index is 2.99. The zero-order valence-corrected chi connectivity index (χ0v) is 7.94. The van der Waals surface area contributed by atoms with Crippen molar-refractivity contribution in [2.24, 2.45) is 5.84 Å². The Kier molecular flexibility index (Phi) is 2.83. The number of hydrogen-bond donors (Lipinski definition) is 2. The fourth-order valence-electron chi connectivity index (χ4n) is 1.02. The van der Waals surface area contributed by atoms with Gasteiger partial charge in [-0.15, -0.1) is 11.3 Å². The van der Waals surface area contributed by atoms with Crippen LogP contribution in [0.1, 0.15) is 35.0 Å². The molecule has 0 aliphatic rings. The number of thiophene rings is 1. The molecule has 0 saturated carbocycles. The van der Waals surface area contributed by atoms with E-state index in [4.69, 9.17) is 5.84 Å². The molecule has 0 saturated heterocycles. The van der Waals surface area contributed by atoms with Gasteiger partial charge in [-0.2, -0.15) is 0 Å². The van der Waals surface area contributed by atoms with Gasteiger partial charge in [0.25, 0.3) is 5.91 Å². The summed E-state index contributed by atoms with van der Waals surface area (Å²) in [5.41, 5.74) is 3.19. The number of rotatable bonds is 2. The Morgan fingerprint density at radius 3 is 2.83 bits per heavy atom. The zero-order chi connectivity index (χ0) is 9.14. The molecule has 3 nitrogen and oxygen atoms in total. The molecule has 1 aromatic heterocycles. The minimum absolute atomic E-state index is 0.200. The summed E-state index contributed by atoms with van der Waals surface area (Å²) in [5.74, 6) is 5.20. The van der Waals surface area contributed by atoms with Crippen LogP contribution in [-0.2, 0) is 0 Å². The maximum absolute atomic E-state index is 11.2. The molecule has 0 atom stereocenters. The lowest BCUT2D eigenvalue weighted by Gasteiger charge is -2.04. The Labute approximate surface area is 75.6 Å². The van der Waals surface area contributed by atoms with Crippen LogP contribution in [0.3, 0.4) is 0 Å². The van der Waals surface area contributed by atoms with Gasteiger partial charge in [0.1, 0.15) is 0 Å². The summed E-state index contributed by atoms with van der Waals surface area (Å²) in [6.45, 7) is 4.10. The van der Waals surface area contributed by atoms with Crippen molar-refractivity contribution < 1.29 is 4.79 Å². The molecule has 0 radical (unpaired) electrons. The maximum Gasteiger partial charge on any atom is 0.275 e. The summed E-state index contributed by atoms with van der Waals surface area (Å²) >= 11 is 1.42. The van der Waals surface area contributed by atoms with Crippen LogP contribution in [0.5, 0.6) is 0 Å². The van der Waals surface area contributed by atoms with E-state index in [0.717, 1.165) is 5.56 Å².